The second kappa shape index (κ2) is 12.0. The molecule has 0 aliphatic carbocycles. The van der Waals surface area contributed by atoms with Crippen LogP contribution in [-0.4, -0.2) is 53.1 Å². The summed E-state index contributed by atoms with van der Waals surface area (Å²) in [5, 5.41) is 6.97. The van der Waals surface area contributed by atoms with Crippen molar-refractivity contribution >= 4 is 45.4 Å². The van der Waals surface area contributed by atoms with Crippen molar-refractivity contribution in [2.24, 2.45) is 5.10 Å². The summed E-state index contributed by atoms with van der Waals surface area (Å²) < 4.78 is 27.7. The number of allylic oxidation sites excluding steroid dienone is 1. The number of anilines is 1. The molecule has 0 fully saturated rings. The van der Waals surface area contributed by atoms with Crippen molar-refractivity contribution in [3.63, 3.8) is 0 Å². The number of nitrogens with two attached hydrogens (primary N) is 1. The molecule has 13 heteroatoms. The third-order valence-corrected chi connectivity index (χ3v) is 6.57. The number of carbonyl (C=O) groups is 1. The Bertz CT molecular complexity index is 1900. The fourth-order valence-electron chi connectivity index (χ4n) is 4.16. The molecular weight excluding hydrogens is 544 g/mol. The molecule has 2 aromatic carbocycles. The van der Waals surface area contributed by atoms with E-state index in [9.17, 15) is 18.0 Å². The number of hydrogen-bond donors (Lipinski definition) is 3. The van der Waals surface area contributed by atoms with Crippen LogP contribution in [0.1, 0.15) is 47.6 Å². The molecule has 12 nitrogen and oxygen atoms in total. The zero-order chi connectivity index (χ0) is 29.7. The van der Waals surface area contributed by atoms with Crippen molar-refractivity contribution in [1.29, 1.82) is 0 Å². The number of fused-ring (bicyclic) bond motifs is 1. The number of nitrogens with one attached hydrogen (secondary N) is 2. The molecule has 1 atom stereocenters. The van der Waals surface area contributed by atoms with Gasteiger partial charge in [-0.1, -0.05) is 42.2 Å². The lowest BCUT2D eigenvalue weighted by molar-refractivity contribution is 0.0930. The van der Waals surface area contributed by atoms with E-state index in [2.05, 4.69) is 38.7 Å². The van der Waals surface area contributed by atoms with Crippen LogP contribution >= 0.6 is 0 Å². The van der Waals surface area contributed by atoms with Crippen LogP contribution in [0, 0.1) is 11.8 Å². The molecule has 0 bridgehead atoms. The molecule has 0 aliphatic heterocycles. The molecule has 1 unspecified atom stereocenters. The maximum atomic E-state index is 14.0. The van der Waals surface area contributed by atoms with Gasteiger partial charge >= 0.3 is 0 Å². The normalized spacial score (nSPS) is 12.2. The first-order valence-electron chi connectivity index (χ1n) is 12.4. The Morgan fingerprint density at radius 1 is 1.20 bits per heavy atom. The number of hydrogen-bond acceptors (Lipinski definition) is 8. The highest BCUT2D eigenvalue weighted by atomic mass is 32.2. The first kappa shape index (κ1) is 28.9. The topological polar surface area (TPSA) is 166 Å². The summed E-state index contributed by atoms with van der Waals surface area (Å²) in [5.74, 6) is 5.58. The predicted octanol–water partition coefficient (Wildman–Crippen LogP) is 2.05. The van der Waals surface area contributed by atoms with Crippen LogP contribution in [0.3, 0.4) is 0 Å². The van der Waals surface area contributed by atoms with E-state index in [4.69, 9.17) is 10.7 Å². The van der Waals surface area contributed by atoms with Crippen LogP contribution in [0.4, 0.5) is 5.82 Å². The Labute approximate surface area is 236 Å². The number of amides is 1. The Kier molecular flexibility index (Phi) is 8.46. The Balaban J connectivity index is 1.83. The zero-order valence-corrected chi connectivity index (χ0v) is 23.4. The number of sulfonamides is 1. The molecule has 0 saturated carbocycles. The molecule has 4 rings (SSSR count). The minimum Gasteiger partial charge on any atom is -0.382 e. The number of para-hydroxylation sites is 1. The average Bonchev–Trinajstić information content (AvgIpc) is 3.25. The van der Waals surface area contributed by atoms with E-state index in [1.165, 1.54) is 9.24 Å². The van der Waals surface area contributed by atoms with E-state index >= 15 is 0 Å². The van der Waals surface area contributed by atoms with Gasteiger partial charge in [-0.15, -0.1) is 0 Å². The molecule has 0 aliphatic rings. The van der Waals surface area contributed by atoms with Crippen molar-refractivity contribution in [3.8, 4) is 17.5 Å². The number of aromatic nitrogens is 4. The monoisotopic (exact) mass is 572 g/mol. The molecule has 2 aromatic heterocycles. The summed E-state index contributed by atoms with van der Waals surface area (Å²) in [6.45, 7) is 6.88. The van der Waals surface area contributed by atoms with Gasteiger partial charge < -0.3 is 11.1 Å². The first-order chi connectivity index (χ1) is 19.6. The number of nitrogens with zero attached hydrogens (tertiary/aromatic N) is 5. The molecule has 4 N–H and O–H groups in total. The number of rotatable bonds is 8. The van der Waals surface area contributed by atoms with Gasteiger partial charge in [0.15, 0.2) is 17.3 Å². The van der Waals surface area contributed by atoms with E-state index in [0.717, 1.165) is 6.26 Å². The molecule has 4 aromatic rings. The molecular formula is C28H28N8O4S. The van der Waals surface area contributed by atoms with Crippen molar-refractivity contribution in [2.45, 2.75) is 19.9 Å². The fraction of sp³-hybridized carbons (Fsp3) is 0.179. The van der Waals surface area contributed by atoms with Crippen LogP contribution in [0.5, 0.6) is 0 Å². The summed E-state index contributed by atoms with van der Waals surface area (Å²) in [5.41, 5.74) is 6.88. The predicted molar refractivity (Wildman–Crippen MR) is 159 cm³/mol. The van der Waals surface area contributed by atoms with Crippen molar-refractivity contribution < 1.29 is 13.2 Å². The zero-order valence-electron chi connectivity index (χ0n) is 22.6. The second-order valence-electron chi connectivity index (χ2n) is 8.89. The van der Waals surface area contributed by atoms with Gasteiger partial charge in [0.25, 0.3) is 11.5 Å². The maximum absolute atomic E-state index is 14.0. The number of benzene rings is 2. The largest absolute Gasteiger partial charge is 0.382 e. The molecule has 0 spiro atoms. The van der Waals surface area contributed by atoms with Crippen LogP contribution in [0.15, 0.2) is 64.5 Å². The Morgan fingerprint density at radius 2 is 1.93 bits per heavy atom. The SMILES string of the molecule is C=Nn1c(/C=C\C)nc(N)c1C(=O)NC(C)c1nc2cccc(C#CCNS(C)(=O)=O)c2c(=O)n1-c1ccccc1. The quantitative estimate of drug-likeness (QED) is 0.215. The molecule has 210 valence electrons. The van der Waals surface area contributed by atoms with Crippen molar-refractivity contribution in [1.82, 2.24) is 29.3 Å². The third kappa shape index (κ3) is 6.24. The number of imidazole rings is 1. The molecule has 0 saturated heterocycles. The first-order valence-corrected chi connectivity index (χ1v) is 14.3. The lowest BCUT2D eigenvalue weighted by atomic mass is 10.1. The van der Waals surface area contributed by atoms with Crippen molar-refractivity contribution in [2.75, 3.05) is 18.5 Å². The summed E-state index contributed by atoms with van der Waals surface area (Å²) in [7, 11) is -3.42. The highest BCUT2D eigenvalue weighted by molar-refractivity contribution is 7.88. The fourth-order valence-corrected chi connectivity index (χ4v) is 4.50. The standard InChI is InChI=1S/C28H28N8O4S/c1-5-11-22-34-25(29)24(36(22)30-3)27(37)32-18(2)26-33-21-16-9-12-19(13-10-17-31-41(4,39)40)23(21)28(38)35(26)20-14-7-6-8-15-20/h5-9,11-12,14-16,18,31H,3,17,29H2,1-2,4H3,(H,32,37)/b11-5-. The van der Waals surface area contributed by atoms with E-state index in [-0.39, 0.29) is 29.3 Å². The summed E-state index contributed by atoms with van der Waals surface area (Å²) in [6.07, 6.45) is 4.40. The lowest BCUT2D eigenvalue weighted by Crippen LogP contribution is -2.34. The smallest absolute Gasteiger partial charge is 0.274 e. The van der Waals surface area contributed by atoms with Gasteiger partial charge in [-0.25, -0.2) is 27.8 Å². The molecule has 1 amide bonds. The minimum atomic E-state index is -3.42. The molecule has 0 radical (unpaired) electrons. The van der Waals surface area contributed by atoms with Gasteiger partial charge in [-0.3, -0.25) is 14.2 Å². The van der Waals surface area contributed by atoms with Gasteiger partial charge in [-0.05, 0) is 44.2 Å². The number of carbonyl (C=O) groups excluding carboxylic acids is 1. The van der Waals surface area contributed by atoms with Crippen LogP contribution in [-0.2, 0) is 10.0 Å². The van der Waals surface area contributed by atoms with Gasteiger partial charge in [0.05, 0.1) is 35.4 Å². The highest BCUT2D eigenvalue weighted by Gasteiger charge is 2.25. The van der Waals surface area contributed by atoms with Crippen LogP contribution in [0.2, 0.25) is 0 Å². The van der Waals surface area contributed by atoms with Crippen molar-refractivity contribution in [3.05, 3.63) is 87.9 Å². The summed E-state index contributed by atoms with van der Waals surface area (Å²) in [4.78, 5) is 36.3. The lowest BCUT2D eigenvalue weighted by Gasteiger charge is -2.20. The van der Waals surface area contributed by atoms with Gasteiger partial charge in [0, 0.05) is 12.3 Å². The van der Waals surface area contributed by atoms with E-state index in [1.54, 1.807) is 68.5 Å². The average molecular weight is 573 g/mol. The molecule has 41 heavy (non-hydrogen) atoms. The molecule has 2 heterocycles. The Hall–Kier alpha value is -5.06. The van der Waals surface area contributed by atoms with Crippen LogP contribution < -0.4 is 21.3 Å². The highest BCUT2D eigenvalue weighted by Crippen LogP contribution is 2.22. The third-order valence-electron chi connectivity index (χ3n) is 5.90. The minimum absolute atomic E-state index is 0.00499. The maximum Gasteiger partial charge on any atom is 0.274 e. The van der Waals surface area contributed by atoms with Gasteiger partial charge in [-0.2, -0.15) is 5.10 Å². The Morgan fingerprint density at radius 3 is 2.59 bits per heavy atom. The van der Waals surface area contributed by atoms with E-state index in [0.29, 0.717) is 22.6 Å². The van der Waals surface area contributed by atoms with Gasteiger partial charge in [0.1, 0.15) is 5.82 Å². The summed E-state index contributed by atoms with van der Waals surface area (Å²) in [6, 6.07) is 13.1. The van der Waals surface area contributed by atoms with E-state index in [1.807, 2.05) is 6.07 Å². The summed E-state index contributed by atoms with van der Waals surface area (Å²) >= 11 is 0. The van der Waals surface area contributed by atoms with E-state index < -0.39 is 27.5 Å². The number of nitrogen functional groups attached to an aromatic ring is 1. The van der Waals surface area contributed by atoms with Crippen LogP contribution in [0.25, 0.3) is 22.7 Å². The van der Waals surface area contributed by atoms with Gasteiger partial charge in [0.2, 0.25) is 10.0 Å². The second-order valence-corrected chi connectivity index (χ2v) is 10.7.